The molecule has 0 saturated heterocycles. The number of urea groups is 2. The molecule has 44 heavy (non-hydrogen) atoms. The van der Waals surface area contributed by atoms with Crippen LogP contribution in [0.2, 0.25) is 0 Å². The zero-order valence-electron chi connectivity index (χ0n) is 29.7. The van der Waals surface area contributed by atoms with E-state index in [9.17, 15) is 9.59 Å². The van der Waals surface area contributed by atoms with Crippen molar-refractivity contribution in [1.82, 2.24) is 40.9 Å². The predicted molar refractivity (Wildman–Crippen MR) is 180 cm³/mol. The molecule has 1 fully saturated rings. The van der Waals surface area contributed by atoms with Crippen LogP contribution in [-0.4, -0.2) is 165 Å². The first-order valence-corrected chi connectivity index (χ1v) is 16.6. The van der Waals surface area contributed by atoms with Gasteiger partial charge in [0.15, 0.2) is 0 Å². The average Bonchev–Trinajstić information content (AvgIpc) is 2.90. The molecule has 0 radical (unpaired) electrons. The Labute approximate surface area is 269 Å². The maximum absolute atomic E-state index is 12.7. The van der Waals surface area contributed by atoms with Crippen molar-refractivity contribution in [3.63, 3.8) is 0 Å². The van der Waals surface area contributed by atoms with Crippen LogP contribution < -0.4 is 21.3 Å². The van der Waals surface area contributed by atoms with E-state index in [0.717, 1.165) is 97.8 Å². The lowest BCUT2D eigenvalue weighted by atomic mass is 9.62. The topological polar surface area (TPSA) is 114 Å². The molecule has 1 saturated carbocycles. The van der Waals surface area contributed by atoms with Gasteiger partial charge in [0, 0.05) is 51.9 Å². The van der Waals surface area contributed by atoms with Crippen LogP contribution in [0.3, 0.4) is 0 Å². The molecule has 0 aromatic rings. The molecule has 0 bridgehead atoms. The van der Waals surface area contributed by atoms with Crippen molar-refractivity contribution < 1.29 is 19.1 Å². The van der Waals surface area contributed by atoms with Gasteiger partial charge >= 0.3 is 12.1 Å². The Bertz CT molecular complexity index is 785. The third kappa shape index (κ3) is 21.1. The van der Waals surface area contributed by atoms with Gasteiger partial charge in [0.05, 0.1) is 26.4 Å². The van der Waals surface area contributed by atoms with E-state index in [1.54, 1.807) is 0 Å². The third-order valence-electron chi connectivity index (χ3n) is 8.06. The van der Waals surface area contributed by atoms with Crippen LogP contribution >= 0.6 is 0 Å². The summed E-state index contributed by atoms with van der Waals surface area (Å²) in [7, 11) is 12.3. The Kier molecular flexibility index (Phi) is 20.1. The Hall–Kier alpha value is -1.70. The zero-order chi connectivity index (χ0) is 33.0. The van der Waals surface area contributed by atoms with E-state index >= 15 is 0 Å². The molecule has 2 unspecified atom stereocenters. The molecule has 0 aliphatic heterocycles. The van der Waals surface area contributed by atoms with Crippen molar-refractivity contribution >= 4 is 12.1 Å². The van der Waals surface area contributed by atoms with Crippen molar-refractivity contribution in [2.45, 2.75) is 58.9 Å². The van der Waals surface area contributed by atoms with Gasteiger partial charge in [-0.05, 0) is 98.3 Å². The first-order chi connectivity index (χ1) is 20.7. The van der Waals surface area contributed by atoms with Gasteiger partial charge in [-0.25, -0.2) is 9.59 Å². The minimum absolute atomic E-state index is 0.0676. The van der Waals surface area contributed by atoms with E-state index in [-0.39, 0.29) is 28.9 Å². The van der Waals surface area contributed by atoms with Crippen LogP contribution in [0.15, 0.2) is 0 Å². The smallest absolute Gasteiger partial charge is 0.315 e. The summed E-state index contributed by atoms with van der Waals surface area (Å²) in [6.07, 6.45) is 4.52. The summed E-state index contributed by atoms with van der Waals surface area (Å²) < 4.78 is 11.3. The van der Waals surface area contributed by atoms with Crippen molar-refractivity contribution in [3.05, 3.63) is 0 Å². The number of ether oxygens (including phenoxy) is 2. The molecule has 2 atom stereocenters. The number of carbonyl (C=O) groups excluding carboxylic acids is 2. The summed E-state index contributed by atoms with van der Waals surface area (Å²) in [5.41, 5.74) is -0.0254. The van der Waals surface area contributed by atoms with Gasteiger partial charge in [0.25, 0.3) is 0 Å². The summed E-state index contributed by atoms with van der Waals surface area (Å²) >= 11 is 0. The molecule has 0 aromatic heterocycles. The SMILES string of the molecule is CN(C)CCOCCN(C)CCCNC(=O)NCC1(C)CC(NC(=O)NCCCN(C)CCOCCN(C)C)CC(C)(C)C1. The van der Waals surface area contributed by atoms with Gasteiger partial charge in [-0.2, -0.15) is 0 Å². The van der Waals surface area contributed by atoms with Gasteiger partial charge in [-0.15, -0.1) is 0 Å². The highest BCUT2D eigenvalue weighted by Crippen LogP contribution is 2.45. The fraction of sp³-hybridized carbons (Fsp3) is 0.938. The minimum Gasteiger partial charge on any atom is -0.379 e. The van der Waals surface area contributed by atoms with Gasteiger partial charge in [-0.3, -0.25) is 0 Å². The Morgan fingerprint density at radius 1 is 0.659 bits per heavy atom. The maximum atomic E-state index is 12.7. The second-order valence-electron chi connectivity index (χ2n) is 14.4. The monoisotopic (exact) mass is 629 g/mol. The van der Waals surface area contributed by atoms with E-state index in [4.69, 9.17) is 9.47 Å². The molecule has 0 heterocycles. The van der Waals surface area contributed by atoms with Gasteiger partial charge < -0.3 is 50.3 Å². The van der Waals surface area contributed by atoms with E-state index in [0.29, 0.717) is 19.6 Å². The van der Waals surface area contributed by atoms with E-state index in [2.05, 4.69) is 75.7 Å². The summed E-state index contributed by atoms with van der Waals surface area (Å²) in [6, 6.07) is -0.171. The highest BCUT2D eigenvalue weighted by Gasteiger charge is 2.41. The third-order valence-corrected chi connectivity index (χ3v) is 8.06. The molecule has 4 N–H and O–H groups in total. The first kappa shape index (κ1) is 40.3. The molecule has 260 valence electrons. The molecular weight excluding hydrogens is 560 g/mol. The number of hydrogen-bond acceptors (Lipinski definition) is 8. The van der Waals surface area contributed by atoms with Crippen molar-refractivity contribution in [2.24, 2.45) is 10.8 Å². The predicted octanol–water partition coefficient (Wildman–Crippen LogP) is 1.97. The maximum Gasteiger partial charge on any atom is 0.315 e. The summed E-state index contributed by atoms with van der Waals surface area (Å²) in [5, 5.41) is 12.3. The quantitative estimate of drug-likeness (QED) is 0.127. The first-order valence-electron chi connectivity index (χ1n) is 16.6. The summed E-state index contributed by atoms with van der Waals surface area (Å²) in [6.45, 7) is 16.9. The zero-order valence-corrected chi connectivity index (χ0v) is 29.7. The molecule has 0 aromatic carbocycles. The number of rotatable bonds is 23. The number of nitrogens with zero attached hydrogens (tertiary/aromatic N) is 4. The molecule has 1 aliphatic carbocycles. The summed E-state index contributed by atoms with van der Waals surface area (Å²) in [5.74, 6) is 0. The fourth-order valence-electron chi connectivity index (χ4n) is 5.93. The summed E-state index contributed by atoms with van der Waals surface area (Å²) in [4.78, 5) is 33.9. The molecule has 1 rings (SSSR count). The van der Waals surface area contributed by atoms with Gasteiger partial charge in [0.2, 0.25) is 0 Å². The molecule has 0 spiro atoms. The molecule has 12 nitrogen and oxygen atoms in total. The van der Waals surface area contributed by atoms with Crippen molar-refractivity contribution in [2.75, 3.05) is 128 Å². The van der Waals surface area contributed by atoms with Crippen LogP contribution in [0.5, 0.6) is 0 Å². The van der Waals surface area contributed by atoms with Gasteiger partial charge in [-0.1, -0.05) is 20.8 Å². The van der Waals surface area contributed by atoms with Crippen molar-refractivity contribution in [3.8, 4) is 0 Å². The number of carbonyl (C=O) groups is 2. The minimum atomic E-state index is -0.128. The number of likely N-dealkylation sites (N-methyl/N-ethyl adjacent to an activating group) is 4. The lowest BCUT2D eigenvalue weighted by Crippen LogP contribution is -2.53. The van der Waals surface area contributed by atoms with E-state index in [1.807, 2.05) is 28.2 Å². The fourth-order valence-corrected chi connectivity index (χ4v) is 5.93. The molecule has 4 amide bonds. The number of amides is 4. The van der Waals surface area contributed by atoms with Crippen molar-refractivity contribution in [1.29, 1.82) is 0 Å². The van der Waals surface area contributed by atoms with Gasteiger partial charge in [0.1, 0.15) is 0 Å². The number of nitrogens with one attached hydrogen (secondary N) is 4. The standard InChI is InChI=1S/C32H68N8O4/c1-31(2)24-28(36-30(42)34-13-11-15-40(9)19-23-44-21-17-38(6)7)25-32(3,26-31)27-35-29(41)33-12-10-14-39(8)18-22-43-20-16-37(4)5/h28H,10-27H2,1-9H3,(H2,33,35,41)(H2,34,36,42). The van der Waals surface area contributed by atoms with Crippen LogP contribution in [0.25, 0.3) is 0 Å². The van der Waals surface area contributed by atoms with E-state index < -0.39 is 0 Å². The normalized spacial score (nSPS) is 20.0. The molecular formula is C32H68N8O4. The Morgan fingerprint density at radius 3 is 1.64 bits per heavy atom. The van der Waals surface area contributed by atoms with Crippen LogP contribution in [0.1, 0.15) is 52.9 Å². The molecule has 12 heteroatoms. The molecule has 1 aliphatic rings. The highest BCUT2D eigenvalue weighted by molar-refractivity contribution is 5.74. The lowest BCUT2D eigenvalue weighted by Gasteiger charge is -2.46. The van der Waals surface area contributed by atoms with E-state index in [1.165, 1.54) is 0 Å². The highest BCUT2D eigenvalue weighted by atomic mass is 16.5. The Morgan fingerprint density at radius 2 is 1.14 bits per heavy atom. The average molecular weight is 629 g/mol. The van der Waals surface area contributed by atoms with Crippen LogP contribution in [0.4, 0.5) is 9.59 Å². The second kappa shape index (κ2) is 21.9. The van der Waals surface area contributed by atoms with Crippen LogP contribution in [-0.2, 0) is 9.47 Å². The van der Waals surface area contributed by atoms with Crippen LogP contribution in [0, 0.1) is 10.8 Å². The Balaban J connectivity index is 2.27. The second-order valence-corrected chi connectivity index (χ2v) is 14.4. The lowest BCUT2D eigenvalue weighted by molar-refractivity contribution is 0.0749. The number of hydrogen-bond donors (Lipinski definition) is 4. The largest absolute Gasteiger partial charge is 0.379 e.